The predicted molar refractivity (Wildman–Crippen MR) is 129 cm³/mol. The molecule has 164 valence electrons. The first-order chi connectivity index (χ1) is 15.1. The third-order valence-corrected chi connectivity index (χ3v) is 5.74. The lowest BCUT2D eigenvalue weighted by Crippen LogP contribution is -2.33. The number of carbonyl (C=O) groups is 1. The lowest BCUT2D eigenvalue weighted by atomic mass is 10.0. The van der Waals surface area contributed by atoms with E-state index in [0.29, 0.717) is 5.69 Å². The van der Waals surface area contributed by atoms with Crippen LogP contribution in [0.25, 0.3) is 16.8 Å². The van der Waals surface area contributed by atoms with Crippen molar-refractivity contribution in [3.05, 3.63) is 72.3 Å². The van der Waals surface area contributed by atoms with Crippen LogP contribution in [0.5, 0.6) is 0 Å². The monoisotopic (exact) mass is 417 g/mol. The van der Waals surface area contributed by atoms with Crippen LogP contribution in [0, 0.1) is 0 Å². The molecule has 0 aliphatic heterocycles. The first-order valence-electron chi connectivity index (χ1n) is 11.6. The number of unbranched alkanes of at least 4 members (excludes halogenated alkanes) is 3. The van der Waals surface area contributed by atoms with Gasteiger partial charge in [-0.3, -0.25) is 9.36 Å². The number of amides is 1. The van der Waals surface area contributed by atoms with Gasteiger partial charge in [0.2, 0.25) is 0 Å². The summed E-state index contributed by atoms with van der Waals surface area (Å²) in [6, 6.07) is 17.3. The molecule has 1 heterocycles. The summed E-state index contributed by atoms with van der Waals surface area (Å²) >= 11 is 0. The average molecular weight is 418 g/mol. The average Bonchev–Trinajstić information content (AvgIpc) is 3.28. The van der Waals surface area contributed by atoms with Crippen LogP contribution < -0.4 is 5.32 Å². The van der Waals surface area contributed by atoms with Crippen molar-refractivity contribution < 1.29 is 4.79 Å². The summed E-state index contributed by atoms with van der Waals surface area (Å²) in [5.41, 5.74) is 5.26. The maximum Gasteiger partial charge on any atom is 0.270 e. The number of hydrogen-bond donors (Lipinski definition) is 1. The molecular weight excluding hydrogens is 382 g/mol. The Morgan fingerprint density at radius 3 is 2.23 bits per heavy atom. The Morgan fingerprint density at radius 1 is 0.935 bits per heavy atom. The van der Waals surface area contributed by atoms with E-state index in [2.05, 4.69) is 67.5 Å². The zero-order valence-corrected chi connectivity index (χ0v) is 19.1. The molecule has 1 aromatic heterocycles. The van der Waals surface area contributed by atoms with Crippen LogP contribution in [0.3, 0.4) is 0 Å². The molecule has 0 spiro atoms. The first-order valence-corrected chi connectivity index (χ1v) is 11.6. The number of imidazole rings is 1. The van der Waals surface area contributed by atoms with Gasteiger partial charge in [0.05, 0.1) is 12.5 Å². The molecule has 0 unspecified atom stereocenters. The van der Waals surface area contributed by atoms with Crippen molar-refractivity contribution >= 4 is 5.91 Å². The largest absolute Gasteiger partial charge is 0.348 e. The highest BCUT2D eigenvalue weighted by atomic mass is 16.2. The predicted octanol–water partition coefficient (Wildman–Crippen LogP) is 6.58. The molecule has 3 rings (SSSR count). The summed E-state index contributed by atoms with van der Waals surface area (Å²) in [6.45, 7) is 6.48. The Labute approximate surface area is 186 Å². The summed E-state index contributed by atoms with van der Waals surface area (Å²) in [7, 11) is 0. The standard InChI is InChI=1S/C27H35N3O/c1-4-6-8-9-21(3)29-27(31)26-19-28-20-30(26)25-17-15-24(16-18-25)23-13-11-22(12-14-23)10-7-5-2/h11-21H,4-10H2,1-3H3,(H,29,31)/t21-/m1/s1. The number of carbonyl (C=O) groups excluding carboxylic acids is 1. The Kier molecular flexibility index (Phi) is 8.45. The van der Waals surface area contributed by atoms with E-state index in [1.54, 1.807) is 12.5 Å². The van der Waals surface area contributed by atoms with E-state index in [9.17, 15) is 4.79 Å². The Hall–Kier alpha value is -2.88. The van der Waals surface area contributed by atoms with Crippen LogP contribution in [0.2, 0.25) is 0 Å². The summed E-state index contributed by atoms with van der Waals surface area (Å²) in [4.78, 5) is 17.0. The van der Waals surface area contributed by atoms with Crippen molar-refractivity contribution in [3.8, 4) is 16.8 Å². The summed E-state index contributed by atoms with van der Waals surface area (Å²) < 4.78 is 1.85. The molecule has 2 aromatic carbocycles. The second kappa shape index (κ2) is 11.5. The van der Waals surface area contributed by atoms with Gasteiger partial charge in [-0.25, -0.2) is 4.98 Å². The van der Waals surface area contributed by atoms with Gasteiger partial charge >= 0.3 is 0 Å². The molecule has 0 aliphatic carbocycles. The first kappa shape index (κ1) is 22.8. The minimum Gasteiger partial charge on any atom is -0.348 e. The van der Waals surface area contributed by atoms with Crippen LogP contribution in [0.15, 0.2) is 61.1 Å². The molecule has 3 aromatic rings. The Bertz CT molecular complexity index is 941. The van der Waals surface area contributed by atoms with Crippen LogP contribution >= 0.6 is 0 Å². The number of rotatable bonds is 11. The Balaban J connectivity index is 1.68. The van der Waals surface area contributed by atoms with E-state index in [1.165, 1.54) is 42.4 Å². The molecule has 0 radical (unpaired) electrons. The zero-order chi connectivity index (χ0) is 22.1. The molecule has 0 bridgehead atoms. The van der Waals surface area contributed by atoms with Crippen LogP contribution in [-0.2, 0) is 6.42 Å². The van der Waals surface area contributed by atoms with Crippen molar-refractivity contribution in [2.24, 2.45) is 0 Å². The van der Waals surface area contributed by atoms with Gasteiger partial charge in [-0.1, -0.05) is 75.9 Å². The maximum absolute atomic E-state index is 12.8. The van der Waals surface area contributed by atoms with Crippen molar-refractivity contribution in [3.63, 3.8) is 0 Å². The van der Waals surface area contributed by atoms with Gasteiger partial charge in [0.1, 0.15) is 5.69 Å². The van der Waals surface area contributed by atoms with Gasteiger partial charge < -0.3 is 5.32 Å². The third-order valence-electron chi connectivity index (χ3n) is 5.74. The van der Waals surface area contributed by atoms with Gasteiger partial charge in [-0.2, -0.15) is 0 Å². The number of aryl methyl sites for hydroxylation is 1. The highest BCUT2D eigenvalue weighted by molar-refractivity contribution is 5.93. The lowest BCUT2D eigenvalue weighted by molar-refractivity contribution is 0.0931. The highest BCUT2D eigenvalue weighted by Crippen LogP contribution is 2.23. The van der Waals surface area contributed by atoms with Crippen LogP contribution in [0.4, 0.5) is 0 Å². The minimum atomic E-state index is -0.0757. The van der Waals surface area contributed by atoms with Crippen molar-refractivity contribution in [1.29, 1.82) is 0 Å². The van der Waals surface area contributed by atoms with Gasteiger partial charge in [-0.05, 0) is 55.0 Å². The van der Waals surface area contributed by atoms with E-state index in [4.69, 9.17) is 0 Å². The van der Waals surface area contributed by atoms with Crippen molar-refractivity contribution in [1.82, 2.24) is 14.9 Å². The van der Waals surface area contributed by atoms with E-state index in [1.807, 2.05) is 16.7 Å². The zero-order valence-electron chi connectivity index (χ0n) is 19.1. The molecule has 1 atom stereocenters. The third kappa shape index (κ3) is 6.30. The summed E-state index contributed by atoms with van der Waals surface area (Å²) in [6.07, 6.45) is 11.4. The molecular formula is C27H35N3O. The van der Waals surface area contributed by atoms with Gasteiger partial charge in [0, 0.05) is 11.7 Å². The second-order valence-electron chi connectivity index (χ2n) is 8.37. The number of nitrogens with zero attached hydrogens (tertiary/aromatic N) is 2. The number of nitrogens with one attached hydrogen (secondary N) is 1. The lowest BCUT2D eigenvalue weighted by Gasteiger charge is -2.15. The fourth-order valence-corrected chi connectivity index (χ4v) is 3.80. The van der Waals surface area contributed by atoms with Gasteiger partial charge in [-0.15, -0.1) is 0 Å². The van der Waals surface area contributed by atoms with Gasteiger partial charge in [0.15, 0.2) is 0 Å². The number of benzene rings is 2. The van der Waals surface area contributed by atoms with E-state index >= 15 is 0 Å². The van der Waals surface area contributed by atoms with Crippen molar-refractivity contribution in [2.45, 2.75) is 71.8 Å². The topological polar surface area (TPSA) is 46.9 Å². The summed E-state index contributed by atoms with van der Waals surface area (Å²) in [5.74, 6) is -0.0757. The minimum absolute atomic E-state index is 0.0757. The van der Waals surface area contributed by atoms with Gasteiger partial charge in [0.25, 0.3) is 5.91 Å². The summed E-state index contributed by atoms with van der Waals surface area (Å²) in [5, 5.41) is 3.11. The molecule has 1 amide bonds. The molecule has 0 saturated carbocycles. The van der Waals surface area contributed by atoms with E-state index in [0.717, 1.165) is 24.9 Å². The quantitative estimate of drug-likeness (QED) is 0.358. The fourth-order valence-electron chi connectivity index (χ4n) is 3.80. The fraction of sp³-hybridized carbons (Fsp3) is 0.407. The SMILES string of the molecule is CCCCC[C@@H](C)NC(=O)c1cncn1-c1ccc(-c2ccc(CCCC)cc2)cc1. The van der Waals surface area contributed by atoms with E-state index < -0.39 is 0 Å². The molecule has 4 nitrogen and oxygen atoms in total. The molecule has 4 heteroatoms. The molecule has 1 N–H and O–H groups in total. The van der Waals surface area contributed by atoms with Crippen LogP contribution in [0.1, 0.15) is 75.3 Å². The molecule has 31 heavy (non-hydrogen) atoms. The van der Waals surface area contributed by atoms with Crippen molar-refractivity contribution in [2.75, 3.05) is 0 Å². The maximum atomic E-state index is 12.8. The smallest absolute Gasteiger partial charge is 0.270 e. The Morgan fingerprint density at radius 2 is 1.58 bits per heavy atom. The normalized spacial score (nSPS) is 12.0. The molecule has 0 fully saturated rings. The van der Waals surface area contributed by atoms with Crippen LogP contribution in [-0.4, -0.2) is 21.5 Å². The number of hydrogen-bond acceptors (Lipinski definition) is 2. The van der Waals surface area contributed by atoms with E-state index in [-0.39, 0.29) is 11.9 Å². The highest BCUT2D eigenvalue weighted by Gasteiger charge is 2.15. The molecule has 0 saturated heterocycles. The molecule has 0 aliphatic rings. The second-order valence-corrected chi connectivity index (χ2v) is 8.37. The number of aromatic nitrogens is 2.